The van der Waals surface area contributed by atoms with Gasteiger partial charge in [0, 0.05) is 11.2 Å². The largest absolute Gasteiger partial charge is 0.368 e. The second kappa shape index (κ2) is 6.45. The zero-order valence-electron chi connectivity index (χ0n) is 10.2. The molecule has 0 saturated heterocycles. The van der Waals surface area contributed by atoms with Crippen molar-refractivity contribution >= 4 is 23.8 Å². The molecule has 1 aromatic heterocycles. The summed E-state index contributed by atoms with van der Waals surface area (Å²) in [5.41, 5.74) is 0.802. The average molecular weight is 286 g/mol. The summed E-state index contributed by atoms with van der Waals surface area (Å²) in [5, 5.41) is 13.0. The fraction of sp³-hybridized carbons (Fsp3) is 0. The van der Waals surface area contributed by atoms with Gasteiger partial charge in [-0.25, -0.2) is 9.78 Å². The fourth-order valence-corrected chi connectivity index (χ4v) is 1.52. The van der Waals surface area contributed by atoms with E-state index in [0.29, 0.717) is 5.02 Å². The molecule has 2 rings (SSSR count). The number of nitrogens with zero attached hydrogens (tertiary/aromatic N) is 3. The molecule has 1 aromatic carbocycles. The van der Waals surface area contributed by atoms with Gasteiger partial charge >= 0.3 is 5.97 Å². The summed E-state index contributed by atoms with van der Waals surface area (Å²) < 4.78 is 0. The van der Waals surface area contributed by atoms with Crippen LogP contribution >= 0.6 is 11.6 Å². The van der Waals surface area contributed by atoms with E-state index in [9.17, 15) is 4.79 Å². The van der Waals surface area contributed by atoms with Crippen LogP contribution in [0.25, 0.3) is 0 Å². The van der Waals surface area contributed by atoms with Crippen LogP contribution in [-0.2, 0) is 4.84 Å². The van der Waals surface area contributed by atoms with Crippen molar-refractivity contribution in [2.24, 2.45) is 5.16 Å². The van der Waals surface area contributed by atoms with Gasteiger partial charge in [-0.05, 0) is 29.8 Å². The van der Waals surface area contributed by atoms with Gasteiger partial charge in [-0.1, -0.05) is 28.9 Å². The van der Waals surface area contributed by atoms with Crippen molar-refractivity contribution < 1.29 is 9.63 Å². The van der Waals surface area contributed by atoms with Crippen LogP contribution in [0.4, 0.5) is 0 Å². The van der Waals surface area contributed by atoms with E-state index in [-0.39, 0.29) is 11.3 Å². The Morgan fingerprint density at radius 1 is 1.35 bits per heavy atom. The molecule has 0 aliphatic carbocycles. The Morgan fingerprint density at radius 2 is 2.10 bits per heavy atom. The van der Waals surface area contributed by atoms with E-state index in [4.69, 9.17) is 21.7 Å². The summed E-state index contributed by atoms with van der Waals surface area (Å²) in [5.74, 6) is -0.736. The zero-order valence-corrected chi connectivity index (χ0v) is 10.9. The Balaban J connectivity index is 2.05. The Kier molecular flexibility index (Phi) is 4.43. The SMILES string of the molecule is N#Cc1ncccc1C(=O)ON=Cc1ccc(Cl)cc1. The maximum Gasteiger partial charge on any atom is 0.368 e. The maximum absolute atomic E-state index is 11.7. The molecule has 0 aliphatic rings. The summed E-state index contributed by atoms with van der Waals surface area (Å²) in [4.78, 5) is 20.2. The van der Waals surface area contributed by atoms with E-state index in [0.717, 1.165) is 5.56 Å². The lowest BCUT2D eigenvalue weighted by Gasteiger charge is -1.99. The molecule has 0 unspecified atom stereocenters. The number of nitriles is 1. The first-order valence-corrected chi connectivity index (χ1v) is 5.94. The van der Waals surface area contributed by atoms with Crippen LogP contribution in [0.3, 0.4) is 0 Å². The van der Waals surface area contributed by atoms with Gasteiger partial charge in [-0.3, -0.25) is 0 Å². The number of carbonyl (C=O) groups excluding carboxylic acids is 1. The lowest BCUT2D eigenvalue weighted by Crippen LogP contribution is -2.05. The van der Waals surface area contributed by atoms with Crippen molar-refractivity contribution in [1.82, 2.24) is 4.98 Å². The zero-order chi connectivity index (χ0) is 14.4. The van der Waals surface area contributed by atoms with Crippen LogP contribution in [0.15, 0.2) is 47.8 Å². The highest BCUT2D eigenvalue weighted by Crippen LogP contribution is 2.09. The number of hydrogen-bond acceptors (Lipinski definition) is 5. The number of oxime groups is 1. The molecule has 6 heteroatoms. The monoisotopic (exact) mass is 285 g/mol. The summed E-state index contributed by atoms with van der Waals surface area (Å²) in [6, 6.07) is 11.6. The van der Waals surface area contributed by atoms with E-state index in [1.54, 1.807) is 30.3 Å². The van der Waals surface area contributed by atoms with Crippen LogP contribution in [0, 0.1) is 11.3 Å². The average Bonchev–Trinajstić information content (AvgIpc) is 2.49. The number of carbonyl (C=O) groups is 1. The Hall–Kier alpha value is -2.71. The second-order valence-corrected chi connectivity index (χ2v) is 4.11. The van der Waals surface area contributed by atoms with Crippen molar-refractivity contribution in [2.45, 2.75) is 0 Å². The normalized spacial score (nSPS) is 10.2. The Bertz CT molecular complexity index is 690. The van der Waals surface area contributed by atoms with E-state index in [1.165, 1.54) is 18.5 Å². The summed E-state index contributed by atoms with van der Waals surface area (Å²) >= 11 is 5.74. The molecule has 0 bridgehead atoms. The molecule has 0 amide bonds. The highest BCUT2D eigenvalue weighted by atomic mass is 35.5. The minimum absolute atomic E-state index is 0.000747. The third-order valence-corrected chi connectivity index (χ3v) is 2.59. The first kappa shape index (κ1) is 13.7. The number of aromatic nitrogens is 1. The molecule has 0 saturated carbocycles. The van der Waals surface area contributed by atoms with Crippen molar-refractivity contribution in [2.75, 3.05) is 0 Å². The van der Waals surface area contributed by atoms with E-state index in [2.05, 4.69) is 10.1 Å². The molecule has 98 valence electrons. The van der Waals surface area contributed by atoms with Crippen molar-refractivity contribution in [3.63, 3.8) is 0 Å². The van der Waals surface area contributed by atoms with E-state index < -0.39 is 5.97 Å². The van der Waals surface area contributed by atoms with Crippen molar-refractivity contribution in [3.05, 3.63) is 64.4 Å². The van der Waals surface area contributed by atoms with Crippen LogP contribution < -0.4 is 0 Å². The molecule has 0 aliphatic heterocycles. The van der Waals surface area contributed by atoms with Crippen LogP contribution in [0.2, 0.25) is 5.02 Å². The fourth-order valence-electron chi connectivity index (χ4n) is 1.39. The predicted molar refractivity (Wildman–Crippen MR) is 73.4 cm³/mol. The second-order valence-electron chi connectivity index (χ2n) is 3.68. The standard InChI is InChI=1S/C14H8ClN3O2/c15-11-5-3-10(4-6-11)9-18-20-14(19)12-2-1-7-17-13(12)8-16/h1-7,9H. The number of halogens is 1. The van der Waals surface area contributed by atoms with E-state index in [1.807, 2.05) is 6.07 Å². The smallest absolute Gasteiger partial charge is 0.313 e. The van der Waals surface area contributed by atoms with E-state index >= 15 is 0 Å². The molecule has 0 spiro atoms. The van der Waals surface area contributed by atoms with Gasteiger partial charge in [0.1, 0.15) is 6.07 Å². The van der Waals surface area contributed by atoms with Gasteiger partial charge in [0.05, 0.1) is 11.8 Å². The Labute approximate surface area is 120 Å². The number of hydrogen-bond donors (Lipinski definition) is 0. The first-order valence-electron chi connectivity index (χ1n) is 5.56. The van der Waals surface area contributed by atoms with Gasteiger partial charge in [-0.15, -0.1) is 0 Å². The molecule has 0 fully saturated rings. The number of rotatable bonds is 3. The molecule has 0 atom stereocenters. The molecule has 2 aromatic rings. The molecule has 1 heterocycles. The molecule has 20 heavy (non-hydrogen) atoms. The highest BCUT2D eigenvalue weighted by molar-refractivity contribution is 6.30. The van der Waals surface area contributed by atoms with Crippen molar-refractivity contribution in [3.8, 4) is 6.07 Å². The molecule has 0 N–H and O–H groups in total. The molecule has 0 radical (unpaired) electrons. The minimum Gasteiger partial charge on any atom is -0.313 e. The minimum atomic E-state index is -0.736. The number of pyridine rings is 1. The molecule has 5 nitrogen and oxygen atoms in total. The van der Waals surface area contributed by atoms with Crippen LogP contribution in [-0.4, -0.2) is 17.2 Å². The van der Waals surface area contributed by atoms with Crippen LogP contribution in [0.5, 0.6) is 0 Å². The lowest BCUT2D eigenvalue weighted by atomic mass is 10.2. The van der Waals surface area contributed by atoms with Gasteiger partial charge in [0.25, 0.3) is 0 Å². The van der Waals surface area contributed by atoms with Gasteiger partial charge < -0.3 is 4.84 Å². The third kappa shape index (κ3) is 3.40. The number of benzene rings is 1. The van der Waals surface area contributed by atoms with Gasteiger partial charge in [0.15, 0.2) is 5.69 Å². The lowest BCUT2D eigenvalue weighted by molar-refractivity contribution is 0.0518. The summed E-state index contributed by atoms with van der Waals surface area (Å²) in [7, 11) is 0. The predicted octanol–water partition coefficient (Wildman–Crippen LogP) is 2.80. The van der Waals surface area contributed by atoms with Crippen LogP contribution in [0.1, 0.15) is 21.6 Å². The van der Waals surface area contributed by atoms with Crippen molar-refractivity contribution in [1.29, 1.82) is 5.26 Å². The Morgan fingerprint density at radius 3 is 2.80 bits per heavy atom. The summed E-state index contributed by atoms with van der Waals surface area (Å²) in [6.45, 7) is 0. The topological polar surface area (TPSA) is 75.3 Å². The summed E-state index contributed by atoms with van der Waals surface area (Å²) in [6.07, 6.45) is 2.79. The maximum atomic E-state index is 11.7. The van der Waals surface area contributed by atoms with Gasteiger partial charge in [0.2, 0.25) is 0 Å². The third-order valence-electron chi connectivity index (χ3n) is 2.34. The molecular formula is C14H8ClN3O2. The van der Waals surface area contributed by atoms with Gasteiger partial charge in [-0.2, -0.15) is 5.26 Å². The highest BCUT2D eigenvalue weighted by Gasteiger charge is 2.13. The quantitative estimate of drug-likeness (QED) is 0.494. The first-order chi connectivity index (χ1) is 9.70. The molecular weight excluding hydrogens is 278 g/mol.